The highest BCUT2D eigenvalue weighted by atomic mass is 32.2. The lowest BCUT2D eigenvalue weighted by molar-refractivity contribution is -0.127. The van der Waals surface area contributed by atoms with E-state index in [-0.39, 0.29) is 17.3 Å². The Kier molecular flexibility index (Phi) is 4.54. The molecule has 0 saturated carbocycles. The fourth-order valence-electron chi connectivity index (χ4n) is 1.41. The zero-order valence-electron chi connectivity index (χ0n) is 11.5. The number of benzene rings is 1. The van der Waals surface area contributed by atoms with Crippen LogP contribution >= 0.6 is 0 Å². The first-order valence-electron chi connectivity index (χ1n) is 5.71. The molecule has 1 amide bonds. The van der Waals surface area contributed by atoms with Crippen LogP contribution in [-0.4, -0.2) is 39.9 Å². The summed E-state index contributed by atoms with van der Waals surface area (Å²) in [5.74, 6) is -0.319. The number of hydrogen-bond donors (Lipinski definition) is 2. The lowest BCUT2D eigenvalue weighted by Crippen LogP contribution is -2.36. The monoisotopic (exact) mass is 285 g/mol. The lowest BCUT2D eigenvalue weighted by atomic mass is 10.1. The highest BCUT2D eigenvalue weighted by Gasteiger charge is 2.17. The molecule has 106 valence electrons. The van der Waals surface area contributed by atoms with E-state index in [4.69, 9.17) is 5.73 Å². The van der Waals surface area contributed by atoms with Crippen LogP contribution in [0.4, 0.5) is 5.69 Å². The third-order valence-electron chi connectivity index (χ3n) is 2.90. The van der Waals surface area contributed by atoms with Crippen molar-refractivity contribution in [1.82, 2.24) is 9.62 Å². The standard InChI is InChI=1S/C12H19N3O3S/c1-8-5-10(6-11(13)9(8)2)19(17,18)14-7-12(16)15(3)4/h5-6,14H,7,13H2,1-4H3. The number of amides is 1. The van der Waals surface area contributed by atoms with Gasteiger partial charge in [-0.2, -0.15) is 0 Å². The SMILES string of the molecule is Cc1cc(S(=O)(=O)NCC(=O)N(C)C)cc(N)c1C. The zero-order chi connectivity index (χ0) is 14.8. The summed E-state index contributed by atoms with van der Waals surface area (Å²) >= 11 is 0. The van der Waals surface area contributed by atoms with E-state index in [2.05, 4.69) is 4.72 Å². The van der Waals surface area contributed by atoms with Gasteiger partial charge in [-0.05, 0) is 37.1 Å². The van der Waals surface area contributed by atoms with Gasteiger partial charge in [0.05, 0.1) is 11.4 Å². The molecule has 0 bridgehead atoms. The van der Waals surface area contributed by atoms with Crippen LogP contribution in [0.3, 0.4) is 0 Å². The van der Waals surface area contributed by atoms with Crippen molar-refractivity contribution in [2.24, 2.45) is 0 Å². The van der Waals surface area contributed by atoms with Crippen molar-refractivity contribution < 1.29 is 13.2 Å². The highest BCUT2D eigenvalue weighted by molar-refractivity contribution is 7.89. The maximum absolute atomic E-state index is 12.0. The van der Waals surface area contributed by atoms with Crippen molar-refractivity contribution in [3.63, 3.8) is 0 Å². The first kappa shape index (κ1) is 15.5. The van der Waals surface area contributed by atoms with Crippen LogP contribution in [0.2, 0.25) is 0 Å². The third kappa shape index (κ3) is 3.68. The first-order valence-corrected chi connectivity index (χ1v) is 7.20. The maximum atomic E-state index is 12.0. The smallest absolute Gasteiger partial charge is 0.241 e. The van der Waals surface area contributed by atoms with E-state index >= 15 is 0 Å². The van der Waals surface area contributed by atoms with E-state index in [1.54, 1.807) is 21.0 Å². The number of hydrogen-bond acceptors (Lipinski definition) is 4. The molecule has 1 aromatic rings. The number of nitrogens with two attached hydrogens (primary N) is 1. The van der Waals surface area contributed by atoms with Crippen molar-refractivity contribution in [3.05, 3.63) is 23.3 Å². The molecular formula is C12H19N3O3S. The molecule has 1 aromatic carbocycles. The summed E-state index contributed by atoms with van der Waals surface area (Å²) in [6.07, 6.45) is 0. The van der Waals surface area contributed by atoms with E-state index in [1.807, 2.05) is 6.92 Å². The number of nitrogen functional groups attached to an aromatic ring is 1. The quantitative estimate of drug-likeness (QED) is 0.776. The predicted octanol–water partition coefficient (Wildman–Crippen LogP) is 0.252. The van der Waals surface area contributed by atoms with Gasteiger partial charge in [0, 0.05) is 19.8 Å². The van der Waals surface area contributed by atoms with Gasteiger partial charge in [-0.3, -0.25) is 4.79 Å². The van der Waals surface area contributed by atoms with Crippen molar-refractivity contribution >= 4 is 21.6 Å². The molecule has 0 aliphatic heterocycles. The molecule has 19 heavy (non-hydrogen) atoms. The predicted molar refractivity (Wildman–Crippen MR) is 74.2 cm³/mol. The summed E-state index contributed by atoms with van der Waals surface area (Å²) in [5.41, 5.74) is 7.81. The van der Waals surface area contributed by atoms with Gasteiger partial charge in [-0.15, -0.1) is 0 Å². The fourth-order valence-corrected chi connectivity index (χ4v) is 2.50. The molecule has 3 N–H and O–H groups in total. The van der Waals surface area contributed by atoms with Crippen LogP contribution in [0.5, 0.6) is 0 Å². The van der Waals surface area contributed by atoms with Crippen LogP contribution in [0, 0.1) is 13.8 Å². The Morgan fingerprint density at radius 3 is 2.37 bits per heavy atom. The van der Waals surface area contributed by atoms with Crippen molar-refractivity contribution in [3.8, 4) is 0 Å². The Morgan fingerprint density at radius 1 is 1.32 bits per heavy atom. The molecule has 0 unspecified atom stereocenters. The Morgan fingerprint density at radius 2 is 1.89 bits per heavy atom. The molecule has 0 saturated heterocycles. The normalized spacial score (nSPS) is 11.4. The van der Waals surface area contributed by atoms with Gasteiger partial charge in [0.15, 0.2) is 0 Å². The number of carbonyl (C=O) groups is 1. The summed E-state index contributed by atoms with van der Waals surface area (Å²) < 4.78 is 26.3. The molecule has 1 rings (SSSR count). The highest BCUT2D eigenvalue weighted by Crippen LogP contribution is 2.21. The summed E-state index contributed by atoms with van der Waals surface area (Å²) in [6.45, 7) is 3.34. The van der Waals surface area contributed by atoms with E-state index in [9.17, 15) is 13.2 Å². The molecule has 0 fully saturated rings. The molecular weight excluding hydrogens is 266 g/mol. The third-order valence-corrected chi connectivity index (χ3v) is 4.28. The first-order chi connectivity index (χ1) is 8.65. The van der Waals surface area contributed by atoms with Crippen LogP contribution in [0.15, 0.2) is 17.0 Å². The minimum atomic E-state index is -3.73. The van der Waals surface area contributed by atoms with Gasteiger partial charge in [-0.25, -0.2) is 13.1 Å². The molecule has 0 aliphatic rings. The van der Waals surface area contributed by atoms with E-state index < -0.39 is 10.0 Å². The average molecular weight is 285 g/mol. The number of rotatable bonds is 4. The van der Waals surface area contributed by atoms with Crippen molar-refractivity contribution in [2.45, 2.75) is 18.7 Å². The van der Waals surface area contributed by atoms with Gasteiger partial charge >= 0.3 is 0 Å². The summed E-state index contributed by atoms with van der Waals surface area (Å²) in [7, 11) is -0.608. The van der Waals surface area contributed by atoms with Crippen LogP contribution < -0.4 is 10.5 Å². The van der Waals surface area contributed by atoms with Crippen molar-refractivity contribution in [2.75, 3.05) is 26.4 Å². The molecule has 0 atom stereocenters. The number of aryl methyl sites for hydroxylation is 1. The number of anilines is 1. The number of carbonyl (C=O) groups excluding carboxylic acids is 1. The average Bonchev–Trinajstić information content (AvgIpc) is 2.32. The summed E-state index contributed by atoms with van der Waals surface area (Å²) in [4.78, 5) is 12.8. The van der Waals surface area contributed by atoms with Gasteiger partial charge in [-0.1, -0.05) is 0 Å². The van der Waals surface area contributed by atoms with Gasteiger partial charge in [0.1, 0.15) is 0 Å². The second kappa shape index (κ2) is 5.58. The summed E-state index contributed by atoms with van der Waals surface area (Å²) in [6, 6.07) is 2.93. The molecule has 0 heterocycles. The fraction of sp³-hybridized carbons (Fsp3) is 0.417. The molecule has 0 radical (unpaired) electrons. The number of likely N-dealkylation sites (N-methyl/N-ethyl adjacent to an activating group) is 1. The van der Waals surface area contributed by atoms with Crippen LogP contribution in [0.1, 0.15) is 11.1 Å². The number of nitrogens with one attached hydrogen (secondary N) is 1. The number of nitrogens with zero attached hydrogens (tertiary/aromatic N) is 1. The Labute approximate surface area is 113 Å². The number of sulfonamides is 1. The van der Waals surface area contributed by atoms with Gasteiger partial charge in [0.2, 0.25) is 15.9 Å². The van der Waals surface area contributed by atoms with Gasteiger partial charge < -0.3 is 10.6 Å². The topological polar surface area (TPSA) is 92.5 Å². The Balaban J connectivity index is 2.99. The molecule has 0 aromatic heterocycles. The van der Waals surface area contributed by atoms with Crippen LogP contribution in [-0.2, 0) is 14.8 Å². The minimum Gasteiger partial charge on any atom is -0.398 e. The molecule has 0 spiro atoms. The van der Waals surface area contributed by atoms with Crippen molar-refractivity contribution in [1.29, 1.82) is 0 Å². The minimum absolute atomic E-state index is 0.0691. The zero-order valence-corrected chi connectivity index (χ0v) is 12.3. The Hall–Kier alpha value is -1.60. The van der Waals surface area contributed by atoms with E-state index in [1.165, 1.54) is 17.0 Å². The van der Waals surface area contributed by atoms with Gasteiger partial charge in [0.25, 0.3) is 0 Å². The maximum Gasteiger partial charge on any atom is 0.241 e. The molecule has 0 aliphatic carbocycles. The summed E-state index contributed by atoms with van der Waals surface area (Å²) in [5, 5.41) is 0. The Bertz CT molecular complexity index is 571. The second-order valence-corrected chi connectivity index (χ2v) is 6.33. The van der Waals surface area contributed by atoms with Crippen LogP contribution in [0.25, 0.3) is 0 Å². The molecule has 7 heteroatoms. The van der Waals surface area contributed by atoms with E-state index in [0.717, 1.165) is 11.1 Å². The lowest BCUT2D eigenvalue weighted by Gasteiger charge is -2.13. The largest absolute Gasteiger partial charge is 0.398 e. The molecule has 6 nitrogen and oxygen atoms in total. The second-order valence-electron chi connectivity index (χ2n) is 4.57. The van der Waals surface area contributed by atoms with E-state index in [0.29, 0.717) is 5.69 Å².